The van der Waals surface area contributed by atoms with Crippen molar-refractivity contribution in [2.45, 2.75) is 33.2 Å². The maximum atomic E-state index is 12.7. The van der Waals surface area contributed by atoms with Gasteiger partial charge in [-0.05, 0) is 45.4 Å². The fourth-order valence-corrected chi connectivity index (χ4v) is 4.02. The van der Waals surface area contributed by atoms with Crippen LogP contribution in [0.5, 0.6) is 0 Å². The van der Waals surface area contributed by atoms with E-state index >= 15 is 0 Å². The molecule has 1 aromatic rings. The summed E-state index contributed by atoms with van der Waals surface area (Å²) in [6, 6.07) is 5.60. The van der Waals surface area contributed by atoms with Gasteiger partial charge in [0.15, 0.2) is 15.6 Å². The van der Waals surface area contributed by atoms with Crippen LogP contribution >= 0.6 is 0 Å². The Morgan fingerprint density at radius 1 is 1.19 bits per heavy atom. The number of aryl methyl sites for hydroxylation is 2. The van der Waals surface area contributed by atoms with Crippen molar-refractivity contribution in [3.05, 3.63) is 34.9 Å². The van der Waals surface area contributed by atoms with Crippen molar-refractivity contribution in [3.63, 3.8) is 0 Å². The lowest BCUT2D eigenvalue weighted by Gasteiger charge is -2.26. The van der Waals surface area contributed by atoms with Gasteiger partial charge in [0.05, 0.1) is 17.5 Å². The van der Waals surface area contributed by atoms with E-state index in [9.17, 15) is 13.2 Å². The average Bonchev–Trinajstić information content (AvgIpc) is 2.61. The zero-order chi connectivity index (χ0) is 15.6. The molecule has 0 N–H and O–H groups in total. The Bertz CT molecular complexity index is 637. The molecular formula is C16H23NO3S. The lowest BCUT2D eigenvalue weighted by atomic mass is 9.97. The van der Waals surface area contributed by atoms with E-state index in [0.717, 1.165) is 16.7 Å². The summed E-state index contributed by atoms with van der Waals surface area (Å²) in [6.45, 7) is 6.89. The van der Waals surface area contributed by atoms with Gasteiger partial charge in [-0.15, -0.1) is 0 Å². The number of rotatable bonds is 3. The largest absolute Gasteiger partial charge is 0.292 e. The molecule has 1 aromatic carbocycles. The first-order valence-electron chi connectivity index (χ1n) is 7.36. The number of Topliss-reactive ketones (excluding diaryl/α,β-unsaturated/α-hetero) is 1. The van der Waals surface area contributed by atoms with Gasteiger partial charge in [-0.25, -0.2) is 8.42 Å². The van der Waals surface area contributed by atoms with Gasteiger partial charge in [0.25, 0.3) is 0 Å². The molecule has 5 heteroatoms. The van der Waals surface area contributed by atoms with Crippen molar-refractivity contribution in [1.29, 1.82) is 0 Å². The third-order valence-electron chi connectivity index (χ3n) is 4.18. The lowest BCUT2D eigenvalue weighted by molar-refractivity contribution is 0.0847. The number of nitrogens with zero attached hydrogens (tertiary/aromatic N) is 1. The van der Waals surface area contributed by atoms with Crippen LogP contribution in [0, 0.1) is 13.8 Å². The first-order chi connectivity index (χ1) is 9.80. The molecule has 2 rings (SSSR count). The second kappa shape index (κ2) is 6.28. The molecule has 0 saturated carbocycles. The summed E-state index contributed by atoms with van der Waals surface area (Å²) in [5.41, 5.74) is 2.78. The van der Waals surface area contributed by atoms with Crippen LogP contribution in [0.2, 0.25) is 0 Å². The molecule has 1 aliphatic rings. The van der Waals surface area contributed by atoms with E-state index < -0.39 is 9.84 Å². The quantitative estimate of drug-likeness (QED) is 0.801. The summed E-state index contributed by atoms with van der Waals surface area (Å²) in [4.78, 5) is 14.7. The fraction of sp³-hybridized carbons (Fsp3) is 0.562. The Hall–Kier alpha value is -1.20. The van der Waals surface area contributed by atoms with Crippen molar-refractivity contribution in [2.24, 2.45) is 0 Å². The van der Waals surface area contributed by atoms with Gasteiger partial charge in [-0.1, -0.05) is 17.7 Å². The first-order valence-corrected chi connectivity index (χ1v) is 9.18. The number of carbonyl (C=O) groups is 1. The Labute approximate surface area is 127 Å². The van der Waals surface area contributed by atoms with Crippen molar-refractivity contribution in [1.82, 2.24) is 4.90 Å². The summed E-state index contributed by atoms with van der Waals surface area (Å²) in [5, 5.41) is 0. The minimum Gasteiger partial charge on any atom is -0.292 e. The highest BCUT2D eigenvalue weighted by atomic mass is 32.2. The van der Waals surface area contributed by atoms with Crippen LogP contribution in [-0.2, 0) is 9.84 Å². The highest BCUT2D eigenvalue weighted by molar-refractivity contribution is 7.91. The van der Waals surface area contributed by atoms with Crippen LogP contribution < -0.4 is 0 Å². The third-order valence-corrected chi connectivity index (χ3v) is 5.89. The molecule has 1 aliphatic heterocycles. The smallest absolute Gasteiger partial charge is 0.179 e. The van der Waals surface area contributed by atoms with Crippen LogP contribution in [0.1, 0.15) is 34.8 Å². The minimum absolute atomic E-state index is 0.0792. The molecule has 4 nitrogen and oxygen atoms in total. The van der Waals surface area contributed by atoms with Crippen LogP contribution in [0.15, 0.2) is 18.2 Å². The second-order valence-electron chi connectivity index (χ2n) is 5.90. The third kappa shape index (κ3) is 3.92. The van der Waals surface area contributed by atoms with E-state index in [1.54, 1.807) is 0 Å². The van der Waals surface area contributed by atoms with Crippen molar-refractivity contribution >= 4 is 15.6 Å². The van der Waals surface area contributed by atoms with Crippen molar-refractivity contribution in [2.75, 3.05) is 24.6 Å². The van der Waals surface area contributed by atoms with Crippen molar-refractivity contribution < 1.29 is 13.2 Å². The van der Waals surface area contributed by atoms with Gasteiger partial charge in [0.2, 0.25) is 0 Å². The van der Waals surface area contributed by atoms with Gasteiger partial charge >= 0.3 is 0 Å². The number of hydrogen-bond donors (Lipinski definition) is 0. The molecule has 1 atom stereocenters. The summed E-state index contributed by atoms with van der Waals surface area (Å²) < 4.78 is 23.3. The molecule has 0 aromatic heterocycles. The second-order valence-corrected chi connectivity index (χ2v) is 8.20. The van der Waals surface area contributed by atoms with Gasteiger partial charge in [0, 0.05) is 12.1 Å². The summed E-state index contributed by atoms with van der Waals surface area (Å²) >= 11 is 0. The van der Waals surface area contributed by atoms with Crippen LogP contribution in [0.4, 0.5) is 0 Å². The highest BCUT2D eigenvalue weighted by Gasteiger charge is 2.27. The Morgan fingerprint density at radius 3 is 2.62 bits per heavy atom. The zero-order valence-corrected chi connectivity index (χ0v) is 13.7. The van der Waals surface area contributed by atoms with E-state index in [0.29, 0.717) is 19.5 Å². The zero-order valence-electron chi connectivity index (χ0n) is 12.9. The molecule has 1 saturated heterocycles. The SMILES string of the molecule is Cc1ccc(C)c(C(=O)C(C)N2CCCS(=O)(=O)CC2)c1. The fourth-order valence-electron chi connectivity index (χ4n) is 2.74. The number of carbonyl (C=O) groups excluding carboxylic acids is 1. The van der Waals surface area contributed by atoms with E-state index in [4.69, 9.17) is 0 Å². The first kappa shape index (κ1) is 16.2. The van der Waals surface area contributed by atoms with Crippen LogP contribution in [-0.4, -0.2) is 49.7 Å². The highest BCUT2D eigenvalue weighted by Crippen LogP contribution is 2.17. The topological polar surface area (TPSA) is 54.5 Å². The number of ketones is 1. The Kier molecular flexibility index (Phi) is 4.84. The Morgan fingerprint density at radius 2 is 1.90 bits per heavy atom. The van der Waals surface area contributed by atoms with E-state index in [1.807, 2.05) is 43.9 Å². The molecule has 0 bridgehead atoms. The monoisotopic (exact) mass is 309 g/mol. The van der Waals surface area contributed by atoms with E-state index in [1.165, 1.54) is 0 Å². The van der Waals surface area contributed by atoms with E-state index in [2.05, 4.69) is 0 Å². The molecular weight excluding hydrogens is 286 g/mol. The molecule has 0 radical (unpaired) electrons. The maximum absolute atomic E-state index is 12.7. The maximum Gasteiger partial charge on any atom is 0.179 e. The number of hydrogen-bond acceptors (Lipinski definition) is 4. The van der Waals surface area contributed by atoms with Gasteiger partial charge in [-0.3, -0.25) is 9.69 Å². The molecule has 0 amide bonds. The predicted octanol–water partition coefficient (Wildman–Crippen LogP) is 2.00. The normalized spacial score (nSPS) is 20.7. The average molecular weight is 309 g/mol. The van der Waals surface area contributed by atoms with Crippen LogP contribution in [0.25, 0.3) is 0 Å². The number of sulfone groups is 1. The molecule has 1 unspecified atom stereocenters. The molecule has 116 valence electrons. The van der Waals surface area contributed by atoms with Crippen molar-refractivity contribution in [3.8, 4) is 0 Å². The van der Waals surface area contributed by atoms with Crippen LogP contribution in [0.3, 0.4) is 0 Å². The molecule has 0 spiro atoms. The lowest BCUT2D eigenvalue weighted by Crippen LogP contribution is -2.41. The standard InChI is InChI=1S/C16H23NO3S/c1-12-5-6-13(2)15(11-12)16(18)14(3)17-7-4-9-21(19,20)10-8-17/h5-6,11,14H,4,7-10H2,1-3H3. The predicted molar refractivity (Wildman–Crippen MR) is 84.6 cm³/mol. The summed E-state index contributed by atoms with van der Waals surface area (Å²) in [5.74, 6) is 0.459. The van der Waals surface area contributed by atoms with Gasteiger partial charge in [-0.2, -0.15) is 0 Å². The van der Waals surface area contributed by atoms with E-state index in [-0.39, 0.29) is 23.3 Å². The summed E-state index contributed by atoms with van der Waals surface area (Å²) in [6.07, 6.45) is 0.604. The number of benzene rings is 1. The minimum atomic E-state index is -2.94. The molecule has 1 heterocycles. The van der Waals surface area contributed by atoms with Gasteiger partial charge < -0.3 is 0 Å². The Balaban J connectivity index is 2.17. The molecule has 0 aliphatic carbocycles. The molecule has 1 fully saturated rings. The molecule has 21 heavy (non-hydrogen) atoms. The summed E-state index contributed by atoms with van der Waals surface area (Å²) in [7, 11) is -2.94. The van der Waals surface area contributed by atoms with Gasteiger partial charge in [0.1, 0.15) is 0 Å².